The van der Waals surface area contributed by atoms with Gasteiger partial charge >= 0.3 is 24.5 Å². The molecule has 76 heavy (non-hydrogen) atoms. The van der Waals surface area contributed by atoms with E-state index in [4.69, 9.17) is 11.6 Å². The summed E-state index contributed by atoms with van der Waals surface area (Å²) in [6.45, 7) is -1.37. The van der Waals surface area contributed by atoms with Crippen LogP contribution in [0.1, 0.15) is 79.0 Å². The molecule has 17 nitrogen and oxygen atoms in total. The van der Waals surface area contributed by atoms with Crippen LogP contribution in [0.3, 0.4) is 0 Å². The summed E-state index contributed by atoms with van der Waals surface area (Å²) in [5.41, 5.74) is -6.02. The van der Waals surface area contributed by atoms with Crippen molar-refractivity contribution in [3.05, 3.63) is 93.0 Å². The topological polar surface area (TPSA) is 219 Å². The number of nitrogens with one attached hydrogen (secondary N) is 2. The van der Waals surface area contributed by atoms with Crippen LogP contribution in [0, 0.1) is 29.4 Å². The highest BCUT2D eigenvalue weighted by molar-refractivity contribution is 7.93. The summed E-state index contributed by atoms with van der Waals surface area (Å²) in [6.07, 6.45) is -11.1. The lowest BCUT2D eigenvalue weighted by atomic mass is 9.93. The van der Waals surface area contributed by atoms with E-state index >= 15 is 8.78 Å². The van der Waals surface area contributed by atoms with Gasteiger partial charge in [0.05, 0.1) is 40.0 Å². The van der Waals surface area contributed by atoms with Crippen molar-refractivity contribution >= 4 is 66.2 Å². The highest BCUT2D eigenvalue weighted by Crippen LogP contribution is 2.68. The van der Waals surface area contributed by atoms with Crippen molar-refractivity contribution in [2.75, 3.05) is 29.9 Å². The molecule has 4 atom stereocenters. The summed E-state index contributed by atoms with van der Waals surface area (Å²) in [4.78, 5) is 45.5. The number of sulfonamides is 1. The van der Waals surface area contributed by atoms with Crippen LogP contribution in [0.5, 0.6) is 0 Å². The molecule has 8 rings (SSSR count). The number of pyridine rings is 1. The lowest BCUT2D eigenvalue weighted by Gasteiger charge is -2.29. The van der Waals surface area contributed by atoms with Gasteiger partial charge in [0.15, 0.2) is 21.3 Å². The molecule has 1 saturated heterocycles. The molecule has 3 N–H and O–H groups in total. The number of sulfone groups is 1. The van der Waals surface area contributed by atoms with Crippen LogP contribution < -0.4 is 14.9 Å². The van der Waals surface area contributed by atoms with Crippen LogP contribution in [-0.2, 0) is 56.3 Å². The minimum Gasteiger partial charge on any atom is -0.465 e. The van der Waals surface area contributed by atoms with E-state index in [1.54, 1.807) is 0 Å². The first-order valence-corrected chi connectivity index (χ1v) is 26.8. The third-order valence-electron chi connectivity index (χ3n) is 13.1. The normalized spacial score (nSPS) is 18.7. The van der Waals surface area contributed by atoms with Gasteiger partial charge < -0.3 is 20.6 Å². The number of carbonyl (C=O) groups is 3. The van der Waals surface area contributed by atoms with Gasteiger partial charge in [-0.05, 0) is 87.3 Å². The molecule has 2 aliphatic carbocycles. The van der Waals surface area contributed by atoms with E-state index in [2.05, 4.69) is 37.7 Å². The van der Waals surface area contributed by atoms with Crippen molar-refractivity contribution in [1.82, 2.24) is 40.1 Å². The van der Waals surface area contributed by atoms with Crippen molar-refractivity contribution in [2.24, 2.45) is 5.92 Å². The molecule has 3 aromatic heterocycles. The number of carbonyl (C=O) groups excluding carboxylic acids is 2. The van der Waals surface area contributed by atoms with Gasteiger partial charge in [-0.2, -0.15) is 49.6 Å². The lowest BCUT2D eigenvalue weighted by molar-refractivity contribution is -0.143. The van der Waals surface area contributed by atoms with E-state index in [1.165, 1.54) is 13.8 Å². The number of fused-ring (bicyclic) bond motifs is 4. The molecule has 0 bridgehead atoms. The number of carboxylic acid groups (broad SMARTS) is 1. The summed E-state index contributed by atoms with van der Waals surface area (Å²) >= 11 is 6.71. The molecule has 2 aromatic carbocycles. The first-order valence-electron chi connectivity index (χ1n) is 22.7. The second kappa shape index (κ2) is 19.4. The Kier molecular flexibility index (Phi) is 14.2. The molecular weight excluding hydrogens is 1100 g/mol. The molecular formula is C46H42ClF10N9O8S2. The Labute approximate surface area is 430 Å². The maximum absolute atomic E-state index is 15.6. The third-order valence-corrected chi connectivity index (χ3v) is 16.4. The highest BCUT2D eigenvalue weighted by atomic mass is 35.5. The third kappa shape index (κ3) is 11.0. The van der Waals surface area contributed by atoms with E-state index < -0.39 is 160 Å². The summed E-state index contributed by atoms with van der Waals surface area (Å²) in [7, 11) is -8.81. The number of rotatable bonds is 13. The molecule has 3 aliphatic rings. The molecule has 1 saturated carbocycles. The quantitative estimate of drug-likeness (QED) is 0.0760. The number of anilines is 1. The molecule has 0 radical (unpaired) electrons. The Morgan fingerprint density at radius 1 is 0.961 bits per heavy atom. The monoisotopic (exact) mass is 1140 g/mol. The molecule has 1 aliphatic heterocycles. The number of alkyl halides is 8. The first kappa shape index (κ1) is 55.6. The minimum atomic E-state index is -5.24. The highest BCUT2D eigenvalue weighted by Gasteiger charge is 2.68. The SMILES string of the molecule is CC(C)(C#Cc1ccc(-c2ccc(Cl)c3c(N(C(=O)N4CCC[C@H]4CNC(=O)O)S(C)(=O)=O)nn(CC(F)(F)F)c23)c([C@H](Cc2cc(F)cc(F)c2)NC(=O)Cn2nc(C(F)(F)F)c3c2C(F)(F)[C@@H]2C[C@H]32)n1)S(C)(=O)=O. The van der Waals surface area contributed by atoms with Gasteiger partial charge in [0.1, 0.15) is 40.9 Å². The maximum Gasteiger partial charge on any atom is 0.435 e. The molecule has 0 spiro atoms. The first-order chi connectivity index (χ1) is 35.1. The van der Waals surface area contributed by atoms with Crippen LogP contribution >= 0.6 is 11.6 Å². The molecule has 2 fully saturated rings. The van der Waals surface area contributed by atoms with Gasteiger partial charge in [-0.1, -0.05) is 23.6 Å². The Hall–Kier alpha value is -6.67. The smallest absolute Gasteiger partial charge is 0.435 e. The van der Waals surface area contributed by atoms with E-state index in [1.807, 2.05) is 0 Å². The molecule has 4 amide bonds. The van der Waals surface area contributed by atoms with Crippen molar-refractivity contribution in [2.45, 2.75) is 93.6 Å². The van der Waals surface area contributed by atoms with Crippen molar-refractivity contribution in [3.8, 4) is 23.0 Å². The number of hydrogen-bond donors (Lipinski definition) is 3. The fraction of sp³-hybridized carbons (Fsp3) is 0.435. The fourth-order valence-electron chi connectivity index (χ4n) is 9.41. The number of aromatic nitrogens is 5. The summed E-state index contributed by atoms with van der Waals surface area (Å²) < 4.78 is 199. The summed E-state index contributed by atoms with van der Waals surface area (Å²) in [5.74, 6) is -6.10. The van der Waals surface area contributed by atoms with E-state index in [-0.39, 0.29) is 68.4 Å². The second-order valence-electron chi connectivity index (χ2n) is 19.0. The van der Waals surface area contributed by atoms with E-state index in [0.717, 1.165) is 47.6 Å². The van der Waals surface area contributed by atoms with E-state index in [0.29, 0.717) is 12.3 Å². The van der Waals surface area contributed by atoms with E-state index in [9.17, 15) is 71.4 Å². The minimum absolute atomic E-state index is 0.0864. The van der Waals surface area contributed by atoms with Crippen molar-refractivity contribution in [1.29, 1.82) is 0 Å². The van der Waals surface area contributed by atoms with Gasteiger partial charge in [0.2, 0.25) is 15.9 Å². The fourth-order valence-corrected chi connectivity index (χ4v) is 10.7. The number of halogens is 11. The largest absolute Gasteiger partial charge is 0.465 e. The summed E-state index contributed by atoms with van der Waals surface area (Å²) in [5, 5.41) is 20.0. The zero-order valence-electron chi connectivity index (χ0n) is 39.9. The lowest BCUT2D eigenvalue weighted by Crippen LogP contribution is -2.51. The Balaban J connectivity index is 1.35. The number of benzene rings is 2. The average Bonchev–Trinajstić information content (AvgIpc) is 3.52. The van der Waals surface area contributed by atoms with Gasteiger partial charge in [0.25, 0.3) is 5.92 Å². The van der Waals surface area contributed by atoms with Crippen LogP contribution in [0.2, 0.25) is 5.02 Å². The Morgan fingerprint density at radius 2 is 1.62 bits per heavy atom. The van der Waals surface area contributed by atoms with Gasteiger partial charge in [-0.3, -0.25) is 14.2 Å². The van der Waals surface area contributed by atoms with Gasteiger partial charge in [-0.25, -0.2) is 40.2 Å². The van der Waals surface area contributed by atoms with Crippen LogP contribution in [0.25, 0.3) is 22.0 Å². The van der Waals surface area contributed by atoms with Crippen molar-refractivity contribution in [3.63, 3.8) is 0 Å². The molecule has 408 valence electrons. The van der Waals surface area contributed by atoms with Crippen LogP contribution in [0.15, 0.2) is 42.5 Å². The Morgan fingerprint density at radius 3 is 2.22 bits per heavy atom. The Bertz CT molecular complexity index is 3500. The number of amides is 4. The maximum atomic E-state index is 15.6. The molecule has 0 unspecified atom stereocenters. The van der Waals surface area contributed by atoms with Crippen molar-refractivity contribution < 1.29 is 80.2 Å². The van der Waals surface area contributed by atoms with Gasteiger partial charge in [0, 0.05) is 48.0 Å². The summed E-state index contributed by atoms with van der Waals surface area (Å²) in [6, 6.07) is 2.40. The number of urea groups is 1. The molecule has 4 heterocycles. The second-order valence-corrected chi connectivity index (χ2v) is 23.8. The number of hydrogen-bond acceptors (Lipinski definition) is 10. The zero-order chi connectivity index (χ0) is 56.0. The molecule has 30 heteroatoms. The zero-order valence-corrected chi connectivity index (χ0v) is 42.3. The molecule has 5 aromatic rings. The van der Waals surface area contributed by atoms with Crippen LogP contribution in [0.4, 0.5) is 59.3 Å². The predicted molar refractivity (Wildman–Crippen MR) is 251 cm³/mol. The number of likely N-dealkylation sites (tertiary alicyclic amines) is 1. The average molecular weight is 1140 g/mol. The predicted octanol–water partition coefficient (Wildman–Crippen LogP) is 7.91. The van der Waals surface area contributed by atoms with Gasteiger partial charge in [-0.15, -0.1) is 0 Å². The van der Waals surface area contributed by atoms with Crippen LogP contribution in [-0.4, -0.2) is 112 Å². The standard InChI is InChI=1S/C46H42ClF10N9O8S2/c1-43(2,75(3,71)72)12-11-25-7-8-27(28-9-10-31(47)35-37(28)65(21-44(50,51)52)62-40(35)66(76(4,73)74)42(70)63-13-5-6-26(63)19-58-41(68)69)36(59-25)32(16-22-14-23(48)17-24(49)15-22)60-33(67)20-64-39-34(38(61-64)46(55,56)57)29-18-30(29)45(39,53)54/h7-10,14-15,17,26,29-30,32,58H,5-6,13,16,18-21H2,1-4H3,(H,60,67)(H,68,69)/t26-,29-,30+,32-/m0/s1. The number of nitrogens with zero attached hydrogens (tertiary/aromatic N) is 7.